The molecule has 6 nitrogen and oxygen atoms in total. The summed E-state index contributed by atoms with van der Waals surface area (Å²) in [6, 6.07) is 5.50. The number of nitrogens with zero attached hydrogens (tertiary/aromatic N) is 2. The Balaban J connectivity index is 0.00000261. The molecule has 2 fully saturated rings. The number of guanidine groups is 1. The molecule has 2 aliphatic rings. The van der Waals surface area contributed by atoms with E-state index in [0.29, 0.717) is 23.3 Å². The lowest BCUT2D eigenvalue weighted by Gasteiger charge is -2.38. The Kier molecular flexibility index (Phi) is 7.76. The van der Waals surface area contributed by atoms with Crippen molar-refractivity contribution in [2.24, 2.45) is 10.4 Å². The molecule has 1 aromatic rings. The number of likely N-dealkylation sites (tertiary alicyclic amines) is 1. The molecular formula is C20H30IN3O3. The number of aliphatic imine (C=N–C) groups is 1. The van der Waals surface area contributed by atoms with E-state index >= 15 is 0 Å². The minimum Gasteiger partial charge on any atom is -0.496 e. The number of rotatable bonds is 5. The molecule has 0 amide bonds. The smallest absolute Gasteiger partial charge is 0.341 e. The first-order valence-electron chi connectivity index (χ1n) is 9.39. The van der Waals surface area contributed by atoms with Gasteiger partial charge in [-0.15, -0.1) is 24.0 Å². The lowest BCUT2D eigenvalue weighted by Crippen LogP contribution is -2.42. The fraction of sp³-hybridized carbons (Fsp3) is 0.600. The first-order valence-corrected chi connectivity index (χ1v) is 9.39. The van der Waals surface area contributed by atoms with Crippen molar-refractivity contribution < 1.29 is 14.3 Å². The highest BCUT2D eigenvalue weighted by Crippen LogP contribution is 2.47. The second-order valence-corrected chi connectivity index (χ2v) is 7.22. The van der Waals surface area contributed by atoms with Crippen molar-refractivity contribution in [1.82, 2.24) is 10.2 Å². The first-order chi connectivity index (χ1) is 12.6. The third-order valence-corrected chi connectivity index (χ3v) is 5.57. The standard InChI is InChI=1S/C20H29N3O3.HI/c1-4-21-19(23-11-10-20(14-23)8-5-9-20)22-13-15-6-7-16(18(24)26-3)17(12-15)25-2;/h6-7,12H,4-5,8-11,13-14H2,1-3H3,(H,21,22);1H. The number of hydrogen-bond acceptors (Lipinski definition) is 4. The first kappa shape index (κ1) is 21.8. The Bertz CT molecular complexity index is 689. The zero-order valence-electron chi connectivity index (χ0n) is 16.4. The van der Waals surface area contributed by atoms with Gasteiger partial charge < -0.3 is 19.7 Å². The topological polar surface area (TPSA) is 63.2 Å². The summed E-state index contributed by atoms with van der Waals surface area (Å²) in [5.41, 5.74) is 1.98. The molecule has 1 heterocycles. The van der Waals surface area contributed by atoms with Crippen LogP contribution in [0.25, 0.3) is 0 Å². The van der Waals surface area contributed by atoms with E-state index in [0.717, 1.165) is 31.2 Å². The minimum absolute atomic E-state index is 0. The van der Waals surface area contributed by atoms with Crippen LogP contribution in [-0.4, -0.2) is 50.7 Å². The molecule has 3 rings (SSSR count). The Morgan fingerprint density at radius 3 is 2.63 bits per heavy atom. The lowest BCUT2D eigenvalue weighted by molar-refractivity contribution is 0.0597. The number of nitrogens with one attached hydrogen (secondary N) is 1. The quantitative estimate of drug-likeness (QED) is 0.299. The Morgan fingerprint density at radius 1 is 1.30 bits per heavy atom. The maximum Gasteiger partial charge on any atom is 0.341 e. The number of benzene rings is 1. The van der Waals surface area contributed by atoms with E-state index in [1.807, 2.05) is 12.1 Å². The average molecular weight is 487 g/mol. The molecule has 7 heteroatoms. The van der Waals surface area contributed by atoms with Crippen LogP contribution in [0.4, 0.5) is 0 Å². The Morgan fingerprint density at radius 2 is 2.07 bits per heavy atom. The van der Waals surface area contributed by atoms with Crippen molar-refractivity contribution in [2.45, 2.75) is 39.2 Å². The minimum atomic E-state index is -0.395. The summed E-state index contributed by atoms with van der Waals surface area (Å²) in [6.45, 7) is 5.69. The van der Waals surface area contributed by atoms with Gasteiger partial charge in [-0.1, -0.05) is 12.5 Å². The zero-order chi connectivity index (χ0) is 18.6. The number of methoxy groups -OCH3 is 2. The van der Waals surface area contributed by atoms with Crippen LogP contribution in [0.15, 0.2) is 23.2 Å². The van der Waals surface area contributed by atoms with E-state index in [4.69, 9.17) is 14.5 Å². The van der Waals surface area contributed by atoms with Gasteiger partial charge >= 0.3 is 5.97 Å². The predicted octanol–water partition coefficient (Wildman–Crippen LogP) is 3.44. The second kappa shape index (κ2) is 9.61. The van der Waals surface area contributed by atoms with Crippen LogP contribution in [-0.2, 0) is 11.3 Å². The highest BCUT2D eigenvalue weighted by molar-refractivity contribution is 14.0. The zero-order valence-corrected chi connectivity index (χ0v) is 18.7. The maximum absolute atomic E-state index is 11.8. The number of carbonyl (C=O) groups excluding carboxylic acids is 1. The van der Waals surface area contributed by atoms with Gasteiger partial charge in [0.2, 0.25) is 0 Å². The van der Waals surface area contributed by atoms with Gasteiger partial charge in [-0.2, -0.15) is 0 Å². The summed E-state index contributed by atoms with van der Waals surface area (Å²) in [5, 5.41) is 3.42. The molecule has 1 saturated heterocycles. The molecule has 0 radical (unpaired) electrons. The molecule has 1 spiro atoms. The molecular weight excluding hydrogens is 457 g/mol. The summed E-state index contributed by atoms with van der Waals surface area (Å²) in [5.74, 6) is 1.10. The molecule has 1 aliphatic carbocycles. The van der Waals surface area contributed by atoms with E-state index in [-0.39, 0.29) is 24.0 Å². The van der Waals surface area contributed by atoms with E-state index in [2.05, 4.69) is 17.1 Å². The molecule has 1 aromatic carbocycles. The molecule has 1 aliphatic heterocycles. The summed E-state index contributed by atoms with van der Waals surface area (Å²) >= 11 is 0. The predicted molar refractivity (Wildman–Crippen MR) is 117 cm³/mol. The van der Waals surface area contributed by atoms with E-state index in [1.165, 1.54) is 32.8 Å². The van der Waals surface area contributed by atoms with Crippen molar-refractivity contribution in [3.63, 3.8) is 0 Å². The van der Waals surface area contributed by atoms with Gasteiger partial charge in [0.15, 0.2) is 5.96 Å². The molecule has 150 valence electrons. The van der Waals surface area contributed by atoms with E-state index in [1.54, 1.807) is 13.2 Å². The van der Waals surface area contributed by atoms with Crippen LogP contribution in [0.2, 0.25) is 0 Å². The number of carbonyl (C=O) groups is 1. The van der Waals surface area contributed by atoms with E-state index < -0.39 is 5.97 Å². The van der Waals surface area contributed by atoms with Crippen LogP contribution < -0.4 is 10.1 Å². The number of hydrogen-bond donors (Lipinski definition) is 1. The molecule has 0 atom stereocenters. The highest BCUT2D eigenvalue weighted by Gasteiger charge is 2.43. The number of halogens is 1. The van der Waals surface area contributed by atoms with Gasteiger partial charge in [0.1, 0.15) is 11.3 Å². The molecule has 27 heavy (non-hydrogen) atoms. The molecule has 0 aromatic heterocycles. The van der Waals surface area contributed by atoms with Crippen LogP contribution in [0.5, 0.6) is 5.75 Å². The fourth-order valence-electron chi connectivity index (χ4n) is 3.91. The van der Waals surface area contributed by atoms with Crippen molar-refractivity contribution in [3.05, 3.63) is 29.3 Å². The fourth-order valence-corrected chi connectivity index (χ4v) is 3.91. The maximum atomic E-state index is 11.8. The third-order valence-electron chi connectivity index (χ3n) is 5.57. The third kappa shape index (κ3) is 4.86. The summed E-state index contributed by atoms with van der Waals surface area (Å²) in [4.78, 5) is 19.0. The molecule has 0 bridgehead atoms. The van der Waals surface area contributed by atoms with Gasteiger partial charge in [-0.05, 0) is 49.3 Å². The van der Waals surface area contributed by atoms with Gasteiger partial charge in [0, 0.05) is 19.6 Å². The van der Waals surface area contributed by atoms with Crippen LogP contribution >= 0.6 is 24.0 Å². The van der Waals surface area contributed by atoms with Crippen LogP contribution in [0.3, 0.4) is 0 Å². The van der Waals surface area contributed by atoms with Crippen molar-refractivity contribution in [1.29, 1.82) is 0 Å². The SMILES string of the molecule is CCNC(=NCc1ccc(C(=O)OC)c(OC)c1)N1CCC2(CCC2)C1.I. The van der Waals surface area contributed by atoms with Gasteiger partial charge in [-0.3, -0.25) is 0 Å². The summed E-state index contributed by atoms with van der Waals surface area (Å²) in [6.07, 6.45) is 5.36. The summed E-state index contributed by atoms with van der Waals surface area (Å²) < 4.78 is 10.1. The molecule has 1 saturated carbocycles. The van der Waals surface area contributed by atoms with Crippen LogP contribution in [0.1, 0.15) is 48.5 Å². The monoisotopic (exact) mass is 487 g/mol. The van der Waals surface area contributed by atoms with Crippen molar-refractivity contribution in [3.8, 4) is 5.75 Å². The molecule has 1 N–H and O–H groups in total. The normalized spacial score (nSPS) is 17.9. The average Bonchev–Trinajstić information content (AvgIpc) is 3.10. The highest BCUT2D eigenvalue weighted by atomic mass is 127. The van der Waals surface area contributed by atoms with Crippen molar-refractivity contribution >= 4 is 35.9 Å². The molecule has 0 unspecified atom stereocenters. The number of ether oxygens (including phenoxy) is 2. The van der Waals surface area contributed by atoms with Gasteiger partial charge in [-0.25, -0.2) is 9.79 Å². The van der Waals surface area contributed by atoms with Gasteiger partial charge in [0.25, 0.3) is 0 Å². The lowest BCUT2D eigenvalue weighted by atomic mass is 9.68. The Labute approximate surface area is 178 Å². The Hall–Kier alpha value is -1.51. The largest absolute Gasteiger partial charge is 0.496 e. The van der Waals surface area contributed by atoms with E-state index in [9.17, 15) is 4.79 Å². The number of esters is 1. The summed E-state index contributed by atoms with van der Waals surface area (Å²) in [7, 11) is 2.93. The van der Waals surface area contributed by atoms with Crippen molar-refractivity contribution in [2.75, 3.05) is 33.9 Å². The van der Waals surface area contributed by atoms with Crippen LogP contribution in [0, 0.1) is 5.41 Å². The second-order valence-electron chi connectivity index (χ2n) is 7.22. The van der Waals surface area contributed by atoms with Gasteiger partial charge in [0.05, 0.1) is 20.8 Å².